The number of hydrogen-bond acceptors (Lipinski definition) is 4. The maximum Gasteiger partial charge on any atom is 0.191 e. The lowest BCUT2D eigenvalue weighted by Crippen LogP contribution is -2.39. The van der Waals surface area contributed by atoms with E-state index in [1.807, 2.05) is 42.9 Å². The summed E-state index contributed by atoms with van der Waals surface area (Å²) in [5, 5.41) is 15.1. The van der Waals surface area contributed by atoms with Gasteiger partial charge in [0.15, 0.2) is 5.96 Å². The van der Waals surface area contributed by atoms with Crippen LogP contribution in [0.25, 0.3) is 5.69 Å². The molecule has 3 aromatic rings. The van der Waals surface area contributed by atoms with Gasteiger partial charge in [0.2, 0.25) is 0 Å². The summed E-state index contributed by atoms with van der Waals surface area (Å²) in [7, 11) is 1.78. The normalized spacial score (nSPS) is 12.4. The average Bonchev–Trinajstić information content (AvgIpc) is 3.32. The SMILES string of the molecule is CN=C(NCCc1c(C)noc1C)NC(C)c1cccc(-n2cccn2)c1.I. The van der Waals surface area contributed by atoms with Crippen molar-refractivity contribution in [2.24, 2.45) is 4.99 Å². The van der Waals surface area contributed by atoms with Crippen molar-refractivity contribution in [2.45, 2.75) is 33.2 Å². The number of hydrogen-bond donors (Lipinski definition) is 2. The van der Waals surface area contributed by atoms with E-state index in [1.54, 1.807) is 13.2 Å². The lowest BCUT2D eigenvalue weighted by Gasteiger charge is -2.19. The Hall–Kier alpha value is -2.36. The molecule has 3 rings (SSSR count). The van der Waals surface area contributed by atoms with Crippen molar-refractivity contribution >= 4 is 29.9 Å². The van der Waals surface area contributed by atoms with Crippen molar-refractivity contribution in [3.8, 4) is 5.69 Å². The fourth-order valence-corrected chi connectivity index (χ4v) is 3.01. The van der Waals surface area contributed by atoms with Crippen LogP contribution in [0.3, 0.4) is 0 Å². The van der Waals surface area contributed by atoms with Crippen LogP contribution in [0.5, 0.6) is 0 Å². The summed E-state index contributed by atoms with van der Waals surface area (Å²) in [4.78, 5) is 4.33. The zero-order chi connectivity index (χ0) is 19.2. The Bertz CT molecular complexity index is 884. The highest BCUT2D eigenvalue weighted by molar-refractivity contribution is 14.0. The second kappa shape index (κ2) is 10.3. The lowest BCUT2D eigenvalue weighted by atomic mass is 10.1. The van der Waals surface area contributed by atoms with Gasteiger partial charge in [-0.1, -0.05) is 17.3 Å². The number of nitrogens with zero attached hydrogens (tertiary/aromatic N) is 4. The van der Waals surface area contributed by atoms with Crippen LogP contribution >= 0.6 is 24.0 Å². The highest BCUT2D eigenvalue weighted by Crippen LogP contribution is 2.16. The number of aliphatic imine (C=N–C) groups is 1. The number of halogens is 1. The summed E-state index contributed by atoms with van der Waals surface area (Å²) in [5.41, 5.74) is 4.29. The second-order valence-electron chi connectivity index (χ2n) is 6.46. The van der Waals surface area contributed by atoms with Crippen LogP contribution in [0.1, 0.15) is 35.5 Å². The number of benzene rings is 1. The van der Waals surface area contributed by atoms with Gasteiger partial charge in [0, 0.05) is 31.5 Å². The minimum absolute atomic E-state index is 0. The molecule has 8 heteroatoms. The fraction of sp³-hybridized carbons (Fsp3) is 0.350. The molecule has 150 valence electrons. The molecule has 1 aromatic carbocycles. The molecule has 2 heterocycles. The third kappa shape index (κ3) is 5.34. The summed E-state index contributed by atoms with van der Waals surface area (Å²) in [6.45, 7) is 6.77. The van der Waals surface area contributed by atoms with E-state index in [0.29, 0.717) is 0 Å². The minimum Gasteiger partial charge on any atom is -0.361 e. The van der Waals surface area contributed by atoms with E-state index in [4.69, 9.17) is 4.52 Å². The zero-order valence-corrected chi connectivity index (χ0v) is 19.0. The summed E-state index contributed by atoms with van der Waals surface area (Å²) < 4.78 is 7.07. The van der Waals surface area contributed by atoms with Gasteiger partial charge >= 0.3 is 0 Å². The highest BCUT2D eigenvalue weighted by atomic mass is 127. The van der Waals surface area contributed by atoms with Gasteiger partial charge < -0.3 is 15.2 Å². The molecule has 0 aliphatic rings. The van der Waals surface area contributed by atoms with Crippen LogP contribution in [0.2, 0.25) is 0 Å². The first-order valence-electron chi connectivity index (χ1n) is 9.07. The smallest absolute Gasteiger partial charge is 0.191 e. The molecule has 7 nitrogen and oxygen atoms in total. The summed E-state index contributed by atoms with van der Waals surface area (Å²) >= 11 is 0. The second-order valence-corrected chi connectivity index (χ2v) is 6.46. The van der Waals surface area contributed by atoms with E-state index in [0.717, 1.165) is 47.2 Å². The molecule has 0 saturated heterocycles. The zero-order valence-electron chi connectivity index (χ0n) is 16.6. The average molecular weight is 494 g/mol. The maximum absolute atomic E-state index is 5.21. The first kappa shape index (κ1) is 21.9. The van der Waals surface area contributed by atoms with E-state index >= 15 is 0 Å². The monoisotopic (exact) mass is 494 g/mol. The third-order valence-electron chi connectivity index (χ3n) is 4.56. The molecule has 0 aliphatic heterocycles. The fourth-order valence-electron chi connectivity index (χ4n) is 3.01. The maximum atomic E-state index is 5.21. The van der Waals surface area contributed by atoms with Gasteiger partial charge in [0.05, 0.1) is 17.4 Å². The van der Waals surface area contributed by atoms with E-state index in [-0.39, 0.29) is 30.0 Å². The molecule has 0 fully saturated rings. The van der Waals surface area contributed by atoms with Crippen molar-refractivity contribution < 1.29 is 4.52 Å². The van der Waals surface area contributed by atoms with Gasteiger partial charge in [0.1, 0.15) is 5.76 Å². The van der Waals surface area contributed by atoms with Crippen molar-refractivity contribution in [3.63, 3.8) is 0 Å². The molecular formula is C20H27IN6O. The molecule has 0 saturated carbocycles. The molecule has 0 radical (unpaired) electrons. The van der Waals surface area contributed by atoms with Crippen molar-refractivity contribution in [1.29, 1.82) is 0 Å². The van der Waals surface area contributed by atoms with Crippen LogP contribution in [0.15, 0.2) is 52.2 Å². The van der Waals surface area contributed by atoms with Crippen LogP contribution < -0.4 is 10.6 Å². The topological polar surface area (TPSA) is 80.3 Å². The molecular weight excluding hydrogens is 467 g/mol. The van der Waals surface area contributed by atoms with Crippen molar-refractivity contribution in [3.05, 3.63) is 65.3 Å². The van der Waals surface area contributed by atoms with E-state index < -0.39 is 0 Å². The lowest BCUT2D eigenvalue weighted by molar-refractivity contribution is 0.392. The summed E-state index contributed by atoms with van der Waals surface area (Å²) in [5.74, 6) is 1.64. The Morgan fingerprint density at radius 3 is 2.75 bits per heavy atom. The molecule has 2 N–H and O–H groups in total. The largest absolute Gasteiger partial charge is 0.361 e. The summed E-state index contributed by atoms with van der Waals surface area (Å²) in [6.07, 6.45) is 4.55. The third-order valence-corrected chi connectivity index (χ3v) is 4.56. The molecule has 0 spiro atoms. The quantitative estimate of drug-likeness (QED) is 0.311. The van der Waals surface area contributed by atoms with Crippen LogP contribution in [-0.4, -0.2) is 34.5 Å². The first-order valence-corrected chi connectivity index (χ1v) is 9.07. The van der Waals surface area contributed by atoms with Gasteiger partial charge in [-0.05, 0) is 51.0 Å². The van der Waals surface area contributed by atoms with Gasteiger partial charge in [-0.2, -0.15) is 5.10 Å². The van der Waals surface area contributed by atoms with Gasteiger partial charge in [-0.15, -0.1) is 24.0 Å². The van der Waals surface area contributed by atoms with Gasteiger partial charge in [-0.25, -0.2) is 4.68 Å². The molecule has 28 heavy (non-hydrogen) atoms. The number of guanidine groups is 1. The Kier molecular flexibility index (Phi) is 8.04. The van der Waals surface area contributed by atoms with Gasteiger partial charge in [-0.3, -0.25) is 4.99 Å². The number of aromatic nitrogens is 3. The Morgan fingerprint density at radius 2 is 2.11 bits per heavy atom. The summed E-state index contributed by atoms with van der Waals surface area (Å²) in [6, 6.07) is 10.3. The first-order chi connectivity index (χ1) is 13.1. The number of rotatable bonds is 6. The van der Waals surface area contributed by atoms with E-state index in [2.05, 4.69) is 44.9 Å². The van der Waals surface area contributed by atoms with Crippen molar-refractivity contribution in [2.75, 3.05) is 13.6 Å². The predicted octanol–water partition coefficient (Wildman–Crippen LogP) is 3.56. The molecule has 0 aliphatic carbocycles. The highest BCUT2D eigenvalue weighted by Gasteiger charge is 2.11. The van der Waals surface area contributed by atoms with Crippen LogP contribution in [0.4, 0.5) is 0 Å². The van der Waals surface area contributed by atoms with Crippen molar-refractivity contribution in [1.82, 2.24) is 25.6 Å². The Labute approximate surface area is 182 Å². The van der Waals surface area contributed by atoms with E-state index in [1.165, 1.54) is 0 Å². The molecule has 0 bridgehead atoms. The number of aryl methyl sites for hydroxylation is 2. The molecule has 0 amide bonds. The molecule has 2 aromatic heterocycles. The van der Waals surface area contributed by atoms with E-state index in [9.17, 15) is 0 Å². The molecule has 1 unspecified atom stereocenters. The van der Waals surface area contributed by atoms with Crippen LogP contribution in [0, 0.1) is 13.8 Å². The predicted molar refractivity (Wildman–Crippen MR) is 122 cm³/mol. The van der Waals surface area contributed by atoms with Gasteiger partial charge in [0.25, 0.3) is 0 Å². The number of nitrogens with one attached hydrogen (secondary N) is 2. The Morgan fingerprint density at radius 1 is 1.29 bits per heavy atom. The minimum atomic E-state index is 0. The van der Waals surface area contributed by atoms with Crippen LogP contribution in [-0.2, 0) is 6.42 Å². The Balaban J connectivity index is 0.00000280. The molecule has 1 atom stereocenters. The standard InChI is InChI=1S/C20H26N6O.HI/c1-14(17-7-5-8-18(13-17)26-12-6-10-23-26)24-20(21-4)22-11-9-19-15(2)25-27-16(19)3;/h5-8,10,12-14H,9,11H2,1-4H3,(H2,21,22,24);1H.